The van der Waals surface area contributed by atoms with Crippen molar-refractivity contribution in [1.29, 1.82) is 0 Å². The SMILES string of the molecule is C[C@H]1CCCCCC1(N)[C@](C)(O)OCc1ccccc1. The molecule has 1 aromatic carbocycles. The molecule has 0 aromatic heterocycles. The summed E-state index contributed by atoms with van der Waals surface area (Å²) in [6.07, 6.45) is 5.32. The molecule has 1 aromatic rings. The minimum absolute atomic E-state index is 0.260. The molecule has 20 heavy (non-hydrogen) atoms. The van der Waals surface area contributed by atoms with Crippen LogP contribution in [0.1, 0.15) is 51.5 Å². The molecule has 2 rings (SSSR count). The lowest BCUT2D eigenvalue weighted by Gasteiger charge is -2.45. The number of nitrogens with two attached hydrogens (primary N) is 1. The van der Waals surface area contributed by atoms with Crippen LogP contribution in [-0.4, -0.2) is 16.4 Å². The van der Waals surface area contributed by atoms with Gasteiger partial charge in [0.15, 0.2) is 5.79 Å². The van der Waals surface area contributed by atoms with Crippen molar-refractivity contribution in [2.45, 2.75) is 63.9 Å². The third-order valence-electron chi connectivity index (χ3n) is 4.83. The van der Waals surface area contributed by atoms with Gasteiger partial charge in [-0.15, -0.1) is 0 Å². The van der Waals surface area contributed by atoms with Gasteiger partial charge in [-0.3, -0.25) is 0 Å². The second-order valence-corrected chi connectivity index (χ2v) is 6.30. The first-order chi connectivity index (χ1) is 9.46. The lowest BCUT2D eigenvalue weighted by Crippen LogP contribution is -2.63. The Morgan fingerprint density at radius 1 is 1.30 bits per heavy atom. The molecular weight excluding hydrogens is 250 g/mol. The van der Waals surface area contributed by atoms with Crippen LogP contribution >= 0.6 is 0 Å². The van der Waals surface area contributed by atoms with E-state index in [2.05, 4.69) is 6.92 Å². The maximum atomic E-state index is 10.8. The van der Waals surface area contributed by atoms with Crippen LogP contribution in [0.3, 0.4) is 0 Å². The minimum Gasteiger partial charge on any atom is -0.364 e. The topological polar surface area (TPSA) is 55.5 Å². The average Bonchev–Trinajstić information content (AvgIpc) is 2.61. The van der Waals surface area contributed by atoms with Crippen molar-refractivity contribution in [1.82, 2.24) is 0 Å². The van der Waals surface area contributed by atoms with E-state index in [1.807, 2.05) is 30.3 Å². The lowest BCUT2D eigenvalue weighted by atomic mass is 9.75. The van der Waals surface area contributed by atoms with E-state index in [1.54, 1.807) is 6.92 Å². The highest BCUT2D eigenvalue weighted by Crippen LogP contribution is 2.39. The molecule has 3 nitrogen and oxygen atoms in total. The van der Waals surface area contributed by atoms with Gasteiger partial charge in [0.05, 0.1) is 12.1 Å². The molecule has 0 radical (unpaired) electrons. The normalized spacial score (nSPS) is 30.5. The fourth-order valence-corrected chi connectivity index (χ4v) is 3.17. The van der Waals surface area contributed by atoms with Crippen LogP contribution in [0.2, 0.25) is 0 Å². The molecule has 112 valence electrons. The van der Waals surface area contributed by atoms with Gasteiger partial charge in [0.1, 0.15) is 0 Å². The number of hydrogen-bond donors (Lipinski definition) is 2. The van der Waals surface area contributed by atoms with Gasteiger partial charge in [-0.2, -0.15) is 0 Å². The Morgan fingerprint density at radius 3 is 2.70 bits per heavy atom. The summed E-state index contributed by atoms with van der Waals surface area (Å²) >= 11 is 0. The van der Waals surface area contributed by atoms with E-state index in [0.717, 1.165) is 24.8 Å². The van der Waals surface area contributed by atoms with Gasteiger partial charge in [-0.1, -0.05) is 56.5 Å². The van der Waals surface area contributed by atoms with Gasteiger partial charge in [0, 0.05) is 0 Å². The Kier molecular flexibility index (Phi) is 4.84. The fraction of sp³-hybridized carbons (Fsp3) is 0.647. The molecule has 0 heterocycles. The summed E-state index contributed by atoms with van der Waals surface area (Å²) in [4.78, 5) is 0. The van der Waals surface area contributed by atoms with Crippen molar-refractivity contribution in [3.05, 3.63) is 35.9 Å². The molecule has 1 aliphatic carbocycles. The molecule has 3 N–H and O–H groups in total. The fourth-order valence-electron chi connectivity index (χ4n) is 3.17. The van der Waals surface area contributed by atoms with Crippen LogP contribution in [0.4, 0.5) is 0 Å². The van der Waals surface area contributed by atoms with Gasteiger partial charge >= 0.3 is 0 Å². The van der Waals surface area contributed by atoms with Crippen LogP contribution in [0.5, 0.6) is 0 Å². The predicted molar refractivity (Wildman–Crippen MR) is 81.0 cm³/mol. The molecule has 1 aliphatic rings. The van der Waals surface area contributed by atoms with Crippen molar-refractivity contribution >= 4 is 0 Å². The standard InChI is InChI=1S/C17H27NO2/c1-14-9-5-4-8-12-17(14,18)16(2,19)20-13-15-10-6-3-7-11-15/h3,6-7,10-11,14,19H,4-5,8-9,12-13,18H2,1-2H3/t14-,16+,17?/m0/s1. The highest BCUT2D eigenvalue weighted by molar-refractivity contribution is 5.13. The first-order valence-electron chi connectivity index (χ1n) is 7.65. The van der Waals surface area contributed by atoms with Gasteiger partial charge in [-0.05, 0) is 31.2 Å². The summed E-state index contributed by atoms with van der Waals surface area (Å²) in [5, 5.41) is 10.8. The zero-order chi connectivity index (χ0) is 14.6. The van der Waals surface area contributed by atoms with Crippen LogP contribution in [0.25, 0.3) is 0 Å². The lowest BCUT2D eigenvalue weighted by molar-refractivity contribution is -0.250. The van der Waals surface area contributed by atoms with Crippen molar-refractivity contribution in [3.63, 3.8) is 0 Å². The molecule has 1 unspecified atom stereocenters. The number of hydrogen-bond acceptors (Lipinski definition) is 3. The highest BCUT2D eigenvalue weighted by atomic mass is 16.6. The van der Waals surface area contributed by atoms with Gasteiger partial charge in [0.2, 0.25) is 0 Å². The summed E-state index contributed by atoms with van der Waals surface area (Å²) in [5.41, 5.74) is 6.95. The molecule has 3 heteroatoms. The monoisotopic (exact) mass is 277 g/mol. The second kappa shape index (κ2) is 6.25. The number of ether oxygens (including phenoxy) is 1. The summed E-state index contributed by atoms with van der Waals surface area (Å²) in [6.45, 7) is 4.24. The predicted octanol–water partition coefficient (Wildman–Crippen LogP) is 3.21. The van der Waals surface area contributed by atoms with Gasteiger partial charge in [0.25, 0.3) is 0 Å². The van der Waals surface area contributed by atoms with Crippen LogP contribution in [-0.2, 0) is 11.3 Å². The summed E-state index contributed by atoms with van der Waals surface area (Å²) < 4.78 is 5.81. The zero-order valence-corrected chi connectivity index (χ0v) is 12.6. The van der Waals surface area contributed by atoms with Crippen LogP contribution < -0.4 is 5.73 Å². The van der Waals surface area contributed by atoms with E-state index in [-0.39, 0.29) is 5.92 Å². The molecule has 0 saturated heterocycles. The third kappa shape index (κ3) is 3.22. The molecule has 1 saturated carbocycles. The van der Waals surface area contributed by atoms with Crippen molar-refractivity contribution in [3.8, 4) is 0 Å². The number of benzene rings is 1. The Morgan fingerprint density at radius 2 is 2.00 bits per heavy atom. The summed E-state index contributed by atoms with van der Waals surface area (Å²) in [7, 11) is 0. The molecule has 0 bridgehead atoms. The average molecular weight is 277 g/mol. The van der Waals surface area contributed by atoms with E-state index in [9.17, 15) is 5.11 Å². The third-order valence-corrected chi connectivity index (χ3v) is 4.83. The summed E-state index contributed by atoms with van der Waals surface area (Å²) in [6, 6.07) is 9.91. The quantitative estimate of drug-likeness (QED) is 0.656. The van der Waals surface area contributed by atoms with E-state index in [0.29, 0.717) is 6.61 Å². The van der Waals surface area contributed by atoms with Gasteiger partial charge < -0.3 is 15.6 Å². The smallest absolute Gasteiger partial charge is 0.181 e. The Labute approximate surface area is 122 Å². The van der Waals surface area contributed by atoms with Crippen molar-refractivity contribution in [2.24, 2.45) is 11.7 Å². The Hall–Kier alpha value is -0.900. The first kappa shape index (κ1) is 15.5. The maximum absolute atomic E-state index is 10.8. The number of aliphatic hydroxyl groups is 1. The summed E-state index contributed by atoms with van der Waals surface area (Å²) in [5.74, 6) is -1.04. The van der Waals surface area contributed by atoms with Crippen LogP contribution in [0, 0.1) is 5.92 Å². The zero-order valence-electron chi connectivity index (χ0n) is 12.6. The largest absolute Gasteiger partial charge is 0.364 e. The van der Waals surface area contributed by atoms with Crippen LogP contribution in [0.15, 0.2) is 30.3 Å². The molecule has 0 aliphatic heterocycles. The molecular formula is C17H27NO2. The first-order valence-corrected chi connectivity index (χ1v) is 7.65. The highest BCUT2D eigenvalue weighted by Gasteiger charge is 2.49. The van der Waals surface area contributed by atoms with E-state index in [1.165, 1.54) is 12.8 Å². The van der Waals surface area contributed by atoms with Crippen molar-refractivity contribution in [2.75, 3.05) is 0 Å². The van der Waals surface area contributed by atoms with Gasteiger partial charge in [-0.25, -0.2) is 0 Å². The second-order valence-electron chi connectivity index (χ2n) is 6.30. The van der Waals surface area contributed by atoms with E-state index in [4.69, 9.17) is 10.5 Å². The van der Waals surface area contributed by atoms with E-state index >= 15 is 0 Å². The molecule has 1 fully saturated rings. The number of rotatable bonds is 4. The van der Waals surface area contributed by atoms with E-state index < -0.39 is 11.3 Å². The Balaban J connectivity index is 2.07. The van der Waals surface area contributed by atoms with Crippen molar-refractivity contribution < 1.29 is 9.84 Å². The maximum Gasteiger partial charge on any atom is 0.181 e. The molecule has 0 amide bonds. The Bertz CT molecular complexity index is 418. The molecule has 0 spiro atoms. The molecule has 3 atom stereocenters. The minimum atomic E-state index is -1.30.